The third-order valence-electron chi connectivity index (χ3n) is 1.53. The Balaban J connectivity index is -0.000000107. The van der Waals surface area contributed by atoms with E-state index < -0.39 is 0 Å². The van der Waals surface area contributed by atoms with E-state index in [1.165, 1.54) is 43.0 Å². The fraction of sp³-hybridized carbons (Fsp3) is 1.00. The summed E-state index contributed by atoms with van der Waals surface area (Å²) in [5.41, 5.74) is 0. The second-order valence-corrected chi connectivity index (χ2v) is 3.94. The Morgan fingerprint density at radius 3 is 1.58 bits per heavy atom. The summed E-state index contributed by atoms with van der Waals surface area (Å²) in [6.07, 6.45) is 8.71. The van der Waals surface area contributed by atoms with Crippen LogP contribution in [0.25, 0.3) is 0 Å². The van der Waals surface area contributed by atoms with Crippen molar-refractivity contribution in [1.29, 1.82) is 0 Å². The van der Waals surface area contributed by atoms with Gasteiger partial charge in [0.05, 0.1) is 0 Å². The van der Waals surface area contributed by atoms with Gasteiger partial charge in [0.1, 0.15) is 0 Å². The van der Waals surface area contributed by atoms with Crippen molar-refractivity contribution in [2.45, 2.75) is 49.9 Å². The molecule has 0 aromatic rings. The van der Waals surface area contributed by atoms with Crippen molar-refractivity contribution >= 4 is 22.5 Å². The van der Waals surface area contributed by atoms with Gasteiger partial charge in [-0.1, -0.05) is 0 Å². The molecular weight excluding hydrogens is 596 g/mol. The minimum atomic E-state index is 0. The Labute approximate surface area is 142 Å². The predicted octanol–water partition coefficient (Wildman–Crippen LogP) is -6.05. The number of rotatable bonds is 6. The molecule has 0 radical (unpaired) electrons. The molecule has 0 N–H and O–H groups in total. The van der Waals surface area contributed by atoms with E-state index in [4.69, 9.17) is 0 Å². The van der Waals surface area contributed by atoms with Crippen molar-refractivity contribution in [3.63, 3.8) is 0 Å². The van der Waals surface area contributed by atoms with Gasteiger partial charge in [0.15, 0.2) is 0 Å². The molecule has 0 rings (SSSR count). The van der Waals surface area contributed by atoms with Gasteiger partial charge < -0.3 is 71.9 Å². The number of hydrogen-bond acceptors (Lipinski definition) is 0. The van der Waals surface area contributed by atoms with Crippen LogP contribution in [-0.2, 0) is 0 Å². The van der Waals surface area contributed by atoms with E-state index in [9.17, 15) is 0 Å². The maximum Gasteiger partial charge on any atom is -1.00 e. The van der Waals surface area contributed by atoms with Crippen LogP contribution < -0.4 is 71.9 Å². The van der Waals surface area contributed by atoms with E-state index in [-0.39, 0.29) is 71.9 Å². The van der Waals surface area contributed by atoms with Crippen LogP contribution in [0.3, 0.4) is 0 Å². The molecular formula is C8H17I3Sn. The molecule has 0 amide bonds. The standard InChI is InChI=1S/C8H17.3HI.Sn/c1-3-5-7-8-6-4-2;;;;/h1,3-8H2,2H3;3*1H;/q;;;;+3/p-3. The van der Waals surface area contributed by atoms with Crippen LogP contribution in [0.2, 0.25) is 4.44 Å². The fourth-order valence-corrected chi connectivity index (χ4v) is 1.62. The van der Waals surface area contributed by atoms with Crippen molar-refractivity contribution in [2.24, 2.45) is 0 Å². The molecule has 74 valence electrons. The molecule has 4 heteroatoms. The third kappa shape index (κ3) is 23.1. The molecule has 0 saturated carbocycles. The van der Waals surface area contributed by atoms with Crippen molar-refractivity contribution in [1.82, 2.24) is 0 Å². The zero-order chi connectivity index (χ0) is 6.95. The van der Waals surface area contributed by atoms with Gasteiger partial charge in [0, 0.05) is 0 Å². The largest absolute Gasteiger partial charge is 1.00 e. The summed E-state index contributed by atoms with van der Waals surface area (Å²) in [6, 6.07) is 0. The van der Waals surface area contributed by atoms with Crippen molar-refractivity contribution in [2.75, 3.05) is 0 Å². The van der Waals surface area contributed by atoms with E-state index in [0.29, 0.717) is 0 Å². The Hall–Kier alpha value is 2.99. The summed E-state index contributed by atoms with van der Waals surface area (Å²) in [5, 5.41) is 0. The molecule has 0 aromatic carbocycles. The van der Waals surface area contributed by atoms with E-state index in [2.05, 4.69) is 6.92 Å². The maximum absolute atomic E-state index is 2.27. The van der Waals surface area contributed by atoms with Crippen molar-refractivity contribution < 1.29 is 71.9 Å². The molecule has 0 spiro atoms. The van der Waals surface area contributed by atoms with Crippen LogP contribution in [0.4, 0.5) is 0 Å². The van der Waals surface area contributed by atoms with Gasteiger partial charge in [-0.15, -0.1) is 0 Å². The molecule has 0 unspecified atom stereocenters. The van der Waals surface area contributed by atoms with Gasteiger partial charge in [-0.05, 0) is 0 Å². The average molecular weight is 613 g/mol. The van der Waals surface area contributed by atoms with Gasteiger partial charge in [0.25, 0.3) is 0 Å². The third-order valence-corrected chi connectivity index (χ3v) is 2.54. The molecule has 0 heterocycles. The monoisotopic (exact) mass is 614 g/mol. The van der Waals surface area contributed by atoms with Gasteiger partial charge in [-0.2, -0.15) is 0 Å². The average Bonchev–Trinajstić information content (AvgIpc) is 1.89. The predicted molar refractivity (Wildman–Crippen MR) is 43.9 cm³/mol. The molecule has 0 saturated heterocycles. The smallest absolute Gasteiger partial charge is 1.00 e. The molecule has 0 aliphatic carbocycles. The summed E-state index contributed by atoms with van der Waals surface area (Å²) in [7, 11) is 0. The number of hydrogen-bond donors (Lipinski definition) is 0. The molecule has 12 heavy (non-hydrogen) atoms. The summed E-state index contributed by atoms with van der Waals surface area (Å²) >= 11 is 1.71. The second-order valence-electron chi connectivity index (χ2n) is 2.52. The molecule has 0 nitrogen and oxygen atoms in total. The maximum atomic E-state index is 2.27. The Bertz CT molecular complexity index is 47.6. The first kappa shape index (κ1) is 24.3. The Morgan fingerprint density at radius 1 is 0.750 bits per heavy atom. The first-order valence-corrected chi connectivity index (χ1v) is 6.08. The molecule has 0 aliphatic rings. The summed E-state index contributed by atoms with van der Waals surface area (Å²) in [6.45, 7) is 2.27. The molecule has 0 aromatic heterocycles. The van der Waals surface area contributed by atoms with Gasteiger partial charge in [-0.3, -0.25) is 0 Å². The van der Waals surface area contributed by atoms with Gasteiger partial charge in [-0.25, -0.2) is 0 Å². The minimum absolute atomic E-state index is 0. The van der Waals surface area contributed by atoms with E-state index in [1.54, 1.807) is 22.5 Å². The van der Waals surface area contributed by atoms with Crippen LogP contribution in [0.1, 0.15) is 45.4 Å². The number of unbranched alkanes of at least 4 members (excludes halogenated alkanes) is 5. The van der Waals surface area contributed by atoms with E-state index in [0.717, 1.165) is 0 Å². The first-order chi connectivity index (χ1) is 4.41. The molecule has 0 bridgehead atoms. The summed E-state index contributed by atoms with van der Waals surface area (Å²) < 4.78 is 1.46. The Kier molecular flexibility index (Phi) is 47.9. The summed E-state index contributed by atoms with van der Waals surface area (Å²) in [5.74, 6) is 0. The van der Waals surface area contributed by atoms with Crippen molar-refractivity contribution in [3.05, 3.63) is 0 Å². The quantitative estimate of drug-likeness (QED) is 0.159. The fourth-order valence-electron chi connectivity index (χ4n) is 0.905. The van der Waals surface area contributed by atoms with Crippen LogP contribution in [0.5, 0.6) is 0 Å². The zero-order valence-corrected chi connectivity index (χ0v) is 16.9. The topological polar surface area (TPSA) is 0 Å². The van der Waals surface area contributed by atoms with Crippen LogP contribution >= 0.6 is 0 Å². The van der Waals surface area contributed by atoms with Crippen molar-refractivity contribution in [3.8, 4) is 0 Å². The van der Waals surface area contributed by atoms with E-state index in [1.807, 2.05) is 0 Å². The first-order valence-electron chi connectivity index (χ1n) is 4.06. The molecule has 0 atom stereocenters. The van der Waals surface area contributed by atoms with Gasteiger partial charge >= 0.3 is 72.4 Å². The Morgan fingerprint density at radius 2 is 1.17 bits per heavy atom. The molecule has 0 aliphatic heterocycles. The van der Waals surface area contributed by atoms with E-state index >= 15 is 0 Å². The number of halogens is 3. The second kappa shape index (κ2) is 23.7. The SMILES string of the molecule is CCCCCCC[CH2][Sn+3].[I-].[I-].[I-]. The van der Waals surface area contributed by atoms with Gasteiger partial charge in [0.2, 0.25) is 0 Å². The zero-order valence-electron chi connectivity index (χ0n) is 7.58. The van der Waals surface area contributed by atoms with Crippen LogP contribution in [0.15, 0.2) is 0 Å². The normalized spacial score (nSPS) is 7.58. The van der Waals surface area contributed by atoms with Crippen LogP contribution in [-0.4, -0.2) is 22.5 Å². The minimum Gasteiger partial charge on any atom is -1.00 e. The summed E-state index contributed by atoms with van der Waals surface area (Å²) in [4.78, 5) is 0. The molecule has 0 fully saturated rings. The van der Waals surface area contributed by atoms with Crippen LogP contribution in [0, 0.1) is 0 Å².